The number of carbonyl (C=O) groups excluding carboxylic acids is 1. The number of benzene rings is 1. The topological polar surface area (TPSA) is 116 Å². The second kappa shape index (κ2) is 5.98. The van der Waals surface area contributed by atoms with Gasteiger partial charge in [0.1, 0.15) is 17.7 Å². The van der Waals surface area contributed by atoms with Crippen LogP contribution in [0.1, 0.15) is 48.1 Å². The minimum absolute atomic E-state index is 0.108. The number of carbonyl (C=O) groups is 1. The normalized spacial score (nSPS) is 17.2. The van der Waals surface area contributed by atoms with Gasteiger partial charge < -0.3 is 10.5 Å². The fourth-order valence-electron chi connectivity index (χ4n) is 3.42. The van der Waals surface area contributed by atoms with Gasteiger partial charge in [-0.1, -0.05) is 6.07 Å². The van der Waals surface area contributed by atoms with E-state index >= 15 is 0 Å². The molecule has 1 aliphatic rings. The van der Waals surface area contributed by atoms with Crippen LogP contribution in [0.2, 0.25) is 0 Å². The molecule has 134 valence electrons. The summed E-state index contributed by atoms with van der Waals surface area (Å²) in [5, 5.41) is 3.40. The Labute approximate surface area is 149 Å². The molecule has 1 atom stereocenters. The van der Waals surface area contributed by atoms with Gasteiger partial charge in [0.2, 0.25) is 5.88 Å². The Morgan fingerprint density at radius 1 is 1.31 bits per heavy atom. The molecule has 1 aliphatic heterocycles. The zero-order valence-electron chi connectivity index (χ0n) is 14.5. The van der Waals surface area contributed by atoms with E-state index in [-0.39, 0.29) is 34.6 Å². The van der Waals surface area contributed by atoms with Crippen LogP contribution in [0.15, 0.2) is 29.3 Å². The molecule has 1 unspecified atom stereocenters. The lowest BCUT2D eigenvalue weighted by Crippen LogP contribution is -2.15. The van der Waals surface area contributed by atoms with Crippen molar-refractivity contribution in [2.45, 2.75) is 32.2 Å². The average Bonchev–Trinajstić information content (AvgIpc) is 2.84. The number of nitrogens with one attached hydrogen (secondary N) is 1. The number of nitrogens with two attached hydrogens (primary N) is 1. The monoisotopic (exact) mass is 353 g/mol. The minimum atomic E-state index is -0.462. The van der Waals surface area contributed by atoms with E-state index in [2.05, 4.69) is 15.1 Å². The van der Waals surface area contributed by atoms with Crippen LogP contribution in [0.3, 0.4) is 0 Å². The van der Waals surface area contributed by atoms with E-state index < -0.39 is 5.92 Å². The zero-order valence-corrected chi connectivity index (χ0v) is 14.5. The van der Waals surface area contributed by atoms with Crippen LogP contribution in [-0.4, -0.2) is 32.1 Å². The first-order valence-corrected chi connectivity index (χ1v) is 8.49. The van der Waals surface area contributed by atoms with Crippen molar-refractivity contribution in [1.82, 2.24) is 19.7 Å². The van der Waals surface area contributed by atoms with Gasteiger partial charge in [-0.2, -0.15) is 0 Å². The van der Waals surface area contributed by atoms with Crippen LogP contribution < -0.4 is 16.0 Å². The Kier molecular flexibility index (Phi) is 3.75. The fourth-order valence-corrected chi connectivity index (χ4v) is 3.42. The van der Waals surface area contributed by atoms with Crippen LogP contribution in [0.4, 0.5) is 5.82 Å². The maximum absolute atomic E-state index is 13.1. The number of H-pyrrole nitrogens is 1. The molecule has 0 aliphatic carbocycles. The maximum Gasteiger partial charge on any atom is 0.271 e. The summed E-state index contributed by atoms with van der Waals surface area (Å²) in [6.45, 7) is 4.32. The van der Waals surface area contributed by atoms with Crippen molar-refractivity contribution in [1.29, 1.82) is 0 Å². The molecule has 0 saturated heterocycles. The number of Topliss-reactive ketones (excluding diaryl/α,β-unsaturated/α-hetero) is 1. The summed E-state index contributed by atoms with van der Waals surface area (Å²) < 4.78 is 7.39. The quantitative estimate of drug-likeness (QED) is 0.728. The van der Waals surface area contributed by atoms with E-state index in [4.69, 9.17) is 10.5 Å². The van der Waals surface area contributed by atoms with Crippen molar-refractivity contribution in [3.05, 3.63) is 46.0 Å². The molecule has 4 rings (SSSR count). The first kappa shape index (κ1) is 16.3. The predicted octanol–water partition coefficient (Wildman–Crippen LogP) is 2.03. The first-order valence-electron chi connectivity index (χ1n) is 8.49. The Balaban J connectivity index is 1.82. The number of anilines is 1. The Hall–Kier alpha value is -3.16. The summed E-state index contributed by atoms with van der Waals surface area (Å²) in [4.78, 5) is 33.3. The van der Waals surface area contributed by atoms with E-state index in [1.807, 2.05) is 30.7 Å². The Bertz CT molecular complexity index is 1070. The number of fused-ring (bicyclic) bond motifs is 2. The third kappa shape index (κ3) is 2.45. The molecule has 1 aromatic carbocycles. The van der Waals surface area contributed by atoms with Gasteiger partial charge in [0.05, 0.1) is 23.4 Å². The third-order valence-electron chi connectivity index (χ3n) is 4.72. The maximum atomic E-state index is 13.1. The smallest absolute Gasteiger partial charge is 0.271 e. The summed E-state index contributed by atoms with van der Waals surface area (Å²) >= 11 is 0. The highest BCUT2D eigenvalue weighted by molar-refractivity contribution is 6.06. The standard InChI is InChI=1S/C18H19N5O3/c1-9(2)23-13-4-3-10(7-12(13)17(25)22-23)11-5-6-26-18-14(15(11)24)16(19)20-8-21-18/h3-4,7-9,11H,5-6H2,1-2H3,(H,22,25)(H2,19,20,21). The predicted molar refractivity (Wildman–Crippen MR) is 96.6 cm³/mol. The molecule has 8 nitrogen and oxygen atoms in total. The fraction of sp³-hybridized carbons (Fsp3) is 0.333. The molecule has 26 heavy (non-hydrogen) atoms. The molecule has 0 amide bonds. The van der Waals surface area contributed by atoms with Gasteiger partial charge in [0.15, 0.2) is 5.78 Å². The van der Waals surface area contributed by atoms with Gasteiger partial charge >= 0.3 is 0 Å². The lowest BCUT2D eigenvalue weighted by molar-refractivity contribution is 0.0958. The largest absolute Gasteiger partial charge is 0.477 e. The van der Waals surface area contributed by atoms with Gasteiger partial charge in [-0.25, -0.2) is 9.97 Å². The highest BCUT2D eigenvalue weighted by Crippen LogP contribution is 2.34. The molecule has 0 radical (unpaired) electrons. The van der Waals surface area contributed by atoms with Crippen molar-refractivity contribution in [2.75, 3.05) is 12.3 Å². The second-order valence-corrected chi connectivity index (χ2v) is 6.67. The highest BCUT2D eigenvalue weighted by atomic mass is 16.5. The number of ketones is 1. The number of ether oxygens (including phenoxy) is 1. The van der Waals surface area contributed by atoms with E-state index in [9.17, 15) is 9.59 Å². The summed E-state index contributed by atoms with van der Waals surface area (Å²) in [5.41, 5.74) is 7.50. The summed E-state index contributed by atoms with van der Waals surface area (Å²) in [6.07, 6.45) is 1.75. The molecule has 8 heteroatoms. The SMILES string of the molecule is CC(C)n1[nH]c(=O)c2cc(C3CCOc4ncnc(N)c4C3=O)ccc21. The lowest BCUT2D eigenvalue weighted by atomic mass is 9.88. The van der Waals surface area contributed by atoms with E-state index in [0.29, 0.717) is 18.4 Å². The third-order valence-corrected chi connectivity index (χ3v) is 4.72. The summed E-state index contributed by atoms with van der Waals surface area (Å²) in [6, 6.07) is 5.65. The average molecular weight is 353 g/mol. The van der Waals surface area contributed by atoms with Crippen LogP contribution in [0.25, 0.3) is 10.9 Å². The van der Waals surface area contributed by atoms with Gasteiger partial charge in [0, 0.05) is 6.04 Å². The number of hydrogen-bond acceptors (Lipinski definition) is 6. The van der Waals surface area contributed by atoms with Crippen LogP contribution >= 0.6 is 0 Å². The van der Waals surface area contributed by atoms with Crippen molar-refractivity contribution < 1.29 is 9.53 Å². The number of rotatable bonds is 2. The van der Waals surface area contributed by atoms with Gasteiger partial charge in [-0.15, -0.1) is 0 Å². The first-order chi connectivity index (χ1) is 12.5. The van der Waals surface area contributed by atoms with Crippen molar-refractivity contribution in [3.63, 3.8) is 0 Å². The van der Waals surface area contributed by atoms with Crippen LogP contribution in [0.5, 0.6) is 5.88 Å². The van der Waals surface area contributed by atoms with E-state index in [1.165, 1.54) is 6.33 Å². The van der Waals surface area contributed by atoms with Crippen LogP contribution in [0, 0.1) is 0 Å². The molecule has 0 fully saturated rings. The van der Waals surface area contributed by atoms with Crippen molar-refractivity contribution in [2.24, 2.45) is 0 Å². The molecular formula is C18H19N5O3. The summed E-state index contributed by atoms with van der Waals surface area (Å²) in [5.74, 6) is -0.322. The number of aromatic amines is 1. The number of hydrogen-bond donors (Lipinski definition) is 2. The van der Waals surface area contributed by atoms with E-state index in [1.54, 1.807) is 6.07 Å². The van der Waals surface area contributed by atoms with Gasteiger partial charge in [0.25, 0.3) is 5.56 Å². The summed E-state index contributed by atoms with van der Waals surface area (Å²) in [7, 11) is 0. The van der Waals surface area contributed by atoms with Gasteiger partial charge in [-0.3, -0.25) is 19.4 Å². The lowest BCUT2D eigenvalue weighted by Gasteiger charge is -2.14. The number of aromatic nitrogens is 4. The Morgan fingerprint density at radius 3 is 2.88 bits per heavy atom. The van der Waals surface area contributed by atoms with Crippen molar-refractivity contribution in [3.8, 4) is 5.88 Å². The minimum Gasteiger partial charge on any atom is -0.477 e. The number of nitrogens with zero attached hydrogens (tertiary/aromatic N) is 3. The molecule has 0 spiro atoms. The Morgan fingerprint density at radius 2 is 2.12 bits per heavy atom. The molecular weight excluding hydrogens is 334 g/mol. The van der Waals surface area contributed by atoms with Gasteiger partial charge in [-0.05, 0) is 38.0 Å². The second-order valence-electron chi connectivity index (χ2n) is 6.67. The zero-order chi connectivity index (χ0) is 18.4. The molecule has 0 saturated carbocycles. The molecule has 3 aromatic rings. The highest BCUT2D eigenvalue weighted by Gasteiger charge is 2.31. The molecule has 3 N–H and O–H groups in total. The molecule has 0 bridgehead atoms. The van der Waals surface area contributed by atoms with Crippen molar-refractivity contribution >= 4 is 22.5 Å². The van der Waals surface area contributed by atoms with E-state index in [0.717, 1.165) is 11.1 Å². The number of nitrogen functional groups attached to an aromatic ring is 1. The van der Waals surface area contributed by atoms with Crippen LogP contribution in [-0.2, 0) is 0 Å². The molecule has 3 heterocycles. The molecule has 2 aromatic heterocycles.